The van der Waals surface area contributed by atoms with E-state index >= 15 is 0 Å². The summed E-state index contributed by atoms with van der Waals surface area (Å²) in [4.78, 5) is 11.3. The van der Waals surface area contributed by atoms with Gasteiger partial charge in [0.2, 0.25) is 0 Å². The normalized spacial score (nSPS) is 18.0. The lowest BCUT2D eigenvalue weighted by Crippen LogP contribution is -2.40. The third-order valence-corrected chi connectivity index (χ3v) is 4.55. The summed E-state index contributed by atoms with van der Waals surface area (Å²) in [7, 11) is 0. The van der Waals surface area contributed by atoms with Gasteiger partial charge in [-0.3, -0.25) is 4.98 Å². The van der Waals surface area contributed by atoms with E-state index in [0.717, 1.165) is 54.5 Å². The van der Waals surface area contributed by atoms with Crippen LogP contribution in [0.2, 0.25) is 0 Å². The Hall–Kier alpha value is -2.47. The lowest BCUT2D eigenvalue weighted by Gasteiger charge is -2.34. The molecule has 0 N–H and O–H groups in total. The Morgan fingerprint density at radius 3 is 2.96 bits per heavy atom. The number of aryl methyl sites for hydroxylation is 2. The van der Waals surface area contributed by atoms with Gasteiger partial charge in [-0.15, -0.1) is 0 Å². The highest BCUT2D eigenvalue weighted by atomic mass is 16.5. The first-order chi connectivity index (χ1) is 12.2. The van der Waals surface area contributed by atoms with E-state index in [0.29, 0.717) is 6.61 Å². The average molecular weight is 337 g/mol. The number of rotatable bonds is 4. The summed E-state index contributed by atoms with van der Waals surface area (Å²) in [5, 5.41) is 4.61. The highest BCUT2D eigenvalue weighted by Gasteiger charge is 2.23. The van der Waals surface area contributed by atoms with Crippen molar-refractivity contribution in [3.63, 3.8) is 0 Å². The first-order valence-electron chi connectivity index (χ1n) is 8.79. The first kappa shape index (κ1) is 16.0. The molecule has 3 aromatic rings. The third kappa shape index (κ3) is 3.49. The molecule has 0 aromatic carbocycles. The Bertz CT molecular complexity index is 861. The van der Waals surface area contributed by atoms with Crippen molar-refractivity contribution in [2.45, 2.75) is 39.4 Å². The molecule has 1 fully saturated rings. The fraction of sp³-hybridized carbons (Fsp3) is 0.421. The van der Waals surface area contributed by atoms with Crippen LogP contribution >= 0.6 is 0 Å². The van der Waals surface area contributed by atoms with Gasteiger partial charge >= 0.3 is 0 Å². The molecule has 0 bridgehead atoms. The fourth-order valence-electron chi connectivity index (χ4n) is 3.39. The first-order valence-corrected chi connectivity index (χ1v) is 8.79. The molecule has 1 aliphatic rings. The van der Waals surface area contributed by atoms with Crippen molar-refractivity contribution in [1.82, 2.24) is 19.6 Å². The van der Waals surface area contributed by atoms with Crippen LogP contribution in [0.5, 0.6) is 0 Å². The van der Waals surface area contributed by atoms with Crippen LogP contribution in [0.25, 0.3) is 5.65 Å². The van der Waals surface area contributed by atoms with Crippen LogP contribution in [0.3, 0.4) is 0 Å². The van der Waals surface area contributed by atoms with Crippen LogP contribution in [0.4, 0.5) is 5.82 Å². The van der Waals surface area contributed by atoms with Gasteiger partial charge in [0.15, 0.2) is 5.65 Å². The molecule has 6 nitrogen and oxygen atoms in total. The summed E-state index contributed by atoms with van der Waals surface area (Å²) in [5.74, 6) is 1.10. The van der Waals surface area contributed by atoms with Crippen molar-refractivity contribution in [2.24, 2.45) is 0 Å². The Labute approximate surface area is 147 Å². The van der Waals surface area contributed by atoms with Crippen LogP contribution in [0, 0.1) is 13.8 Å². The summed E-state index contributed by atoms with van der Waals surface area (Å²) in [6.07, 6.45) is 4.20. The molecule has 1 aliphatic heterocycles. The van der Waals surface area contributed by atoms with Crippen molar-refractivity contribution in [2.75, 3.05) is 18.0 Å². The number of hydrogen-bond donors (Lipinski definition) is 0. The molecule has 25 heavy (non-hydrogen) atoms. The molecule has 130 valence electrons. The maximum Gasteiger partial charge on any atom is 0.157 e. The van der Waals surface area contributed by atoms with E-state index in [4.69, 9.17) is 4.74 Å². The van der Waals surface area contributed by atoms with Gasteiger partial charge in [-0.25, -0.2) is 4.98 Å². The Balaban J connectivity index is 1.51. The van der Waals surface area contributed by atoms with E-state index in [1.807, 2.05) is 48.8 Å². The smallest absolute Gasteiger partial charge is 0.157 e. The largest absolute Gasteiger partial charge is 0.370 e. The van der Waals surface area contributed by atoms with Crippen LogP contribution in [-0.2, 0) is 11.3 Å². The summed E-state index contributed by atoms with van der Waals surface area (Å²) in [5.41, 5.74) is 3.88. The lowest BCUT2D eigenvalue weighted by atomic mass is 10.1. The average Bonchev–Trinajstić information content (AvgIpc) is 3.00. The number of pyridine rings is 1. The highest BCUT2D eigenvalue weighted by molar-refractivity contribution is 5.52. The van der Waals surface area contributed by atoms with Crippen molar-refractivity contribution in [3.8, 4) is 0 Å². The topological polar surface area (TPSA) is 55.5 Å². The zero-order valence-electron chi connectivity index (χ0n) is 14.7. The second-order valence-electron chi connectivity index (χ2n) is 6.65. The molecule has 0 saturated carbocycles. The minimum atomic E-state index is 0.205. The number of fused-ring (bicyclic) bond motifs is 1. The standard InChI is InChI=1S/C19H23N5O/c1-14-11-19(24-18(21-14)10-15(2)22-24)23-9-5-7-17(12-23)25-13-16-6-3-4-8-20-16/h3-4,6,8,10-11,17H,5,7,9,12-13H2,1-2H3. The molecule has 0 aliphatic carbocycles. The highest BCUT2D eigenvalue weighted by Crippen LogP contribution is 2.23. The van der Waals surface area contributed by atoms with E-state index in [1.165, 1.54) is 0 Å². The number of piperidine rings is 1. The van der Waals surface area contributed by atoms with Gasteiger partial charge in [0.25, 0.3) is 0 Å². The monoisotopic (exact) mass is 337 g/mol. The van der Waals surface area contributed by atoms with Gasteiger partial charge < -0.3 is 9.64 Å². The molecule has 1 atom stereocenters. The molecule has 6 heteroatoms. The molecular weight excluding hydrogens is 314 g/mol. The molecule has 0 radical (unpaired) electrons. The molecule has 4 heterocycles. The molecular formula is C19H23N5O. The van der Waals surface area contributed by atoms with Crippen LogP contribution in [-0.4, -0.2) is 38.8 Å². The molecule has 1 saturated heterocycles. The van der Waals surface area contributed by atoms with Crippen molar-refractivity contribution in [1.29, 1.82) is 0 Å². The number of hydrogen-bond acceptors (Lipinski definition) is 5. The molecule has 0 spiro atoms. The number of ether oxygens (including phenoxy) is 1. The predicted molar refractivity (Wildman–Crippen MR) is 96.7 cm³/mol. The van der Waals surface area contributed by atoms with E-state index in [2.05, 4.69) is 26.0 Å². The molecule has 3 aromatic heterocycles. The van der Waals surface area contributed by atoms with Crippen molar-refractivity contribution >= 4 is 11.5 Å². The second-order valence-corrected chi connectivity index (χ2v) is 6.65. The van der Waals surface area contributed by atoms with Gasteiger partial charge in [0.1, 0.15) is 5.82 Å². The number of aromatic nitrogens is 4. The van der Waals surface area contributed by atoms with E-state index in [-0.39, 0.29) is 6.10 Å². The fourth-order valence-corrected chi connectivity index (χ4v) is 3.39. The van der Waals surface area contributed by atoms with Gasteiger partial charge in [0, 0.05) is 37.1 Å². The minimum Gasteiger partial charge on any atom is -0.370 e. The maximum atomic E-state index is 6.12. The van der Waals surface area contributed by atoms with Crippen LogP contribution < -0.4 is 4.90 Å². The van der Waals surface area contributed by atoms with Crippen molar-refractivity contribution < 1.29 is 4.74 Å². The Kier molecular flexibility index (Phi) is 4.36. The molecule has 0 amide bonds. The van der Waals surface area contributed by atoms with Gasteiger partial charge in [-0.05, 0) is 38.8 Å². The summed E-state index contributed by atoms with van der Waals surface area (Å²) in [6, 6.07) is 10.1. The zero-order valence-corrected chi connectivity index (χ0v) is 14.7. The van der Waals surface area contributed by atoms with E-state index in [9.17, 15) is 0 Å². The zero-order chi connectivity index (χ0) is 17.2. The van der Waals surface area contributed by atoms with Gasteiger partial charge in [-0.2, -0.15) is 9.61 Å². The molecule has 4 rings (SSSR count). The van der Waals surface area contributed by atoms with E-state index < -0.39 is 0 Å². The second kappa shape index (κ2) is 6.80. The van der Waals surface area contributed by atoms with Crippen molar-refractivity contribution in [3.05, 3.63) is 53.6 Å². The number of anilines is 1. The SMILES string of the molecule is Cc1cc(N2CCCC(OCc3ccccn3)C2)n2nc(C)cc2n1. The summed E-state index contributed by atoms with van der Waals surface area (Å²) >= 11 is 0. The number of nitrogens with zero attached hydrogens (tertiary/aromatic N) is 5. The van der Waals surface area contributed by atoms with E-state index in [1.54, 1.807) is 0 Å². The Morgan fingerprint density at radius 1 is 1.20 bits per heavy atom. The molecule has 1 unspecified atom stereocenters. The van der Waals surface area contributed by atoms with Crippen LogP contribution in [0.15, 0.2) is 36.5 Å². The lowest BCUT2D eigenvalue weighted by molar-refractivity contribution is 0.0296. The third-order valence-electron chi connectivity index (χ3n) is 4.55. The van der Waals surface area contributed by atoms with Gasteiger partial charge in [-0.1, -0.05) is 6.07 Å². The van der Waals surface area contributed by atoms with Crippen LogP contribution in [0.1, 0.15) is 29.9 Å². The Morgan fingerprint density at radius 2 is 2.12 bits per heavy atom. The summed E-state index contributed by atoms with van der Waals surface area (Å²) < 4.78 is 8.07. The minimum absolute atomic E-state index is 0.205. The maximum absolute atomic E-state index is 6.12. The summed E-state index contributed by atoms with van der Waals surface area (Å²) in [6.45, 7) is 6.48. The quantitative estimate of drug-likeness (QED) is 0.733. The predicted octanol–water partition coefficient (Wildman–Crippen LogP) is 2.93. The van der Waals surface area contributed by atoms with Gasteiger partial charge in [0.05, 0.1) is 24.1 Å².